The molecule has 1 amide bonds. The van der Waals surface area contributed by atoms with Gasteiger partial charge in [-0.1, -0.05) is 0 Å². The van der Waals surface area contributed by atoms with Crippen LogP contribution >= 0.6 is 15.9 Å². The number of carbonyl (C=O) groups excluding carboxylic acids is 1. The zero-order valence-electron chi connectivity index (χ0n) is 8.56. The fraction of sp³-hybridized carbons (Fsp3) is 0.444. The zero-order valence-corrected chi connectivity index (χ0v) is 10.1. The van der Waals surface area contributed by atoms with Gasteiger partial charge in [0.25, 0.3) is 0 Å². The summed E-state index contributed by atoms with van der Waals surface area (Å²) in [6.07, 6.45) is 2.17. The van der Waals surface area contributed by atoms with Gasteiger partial charge in [-0.25, -0.2) is 9.97 Å². The number of nitrogens with two attached hydrogens (primary N) is 2. The fourth-order valence-corrected chi connectivity index (χ4v) is 2.23. The largest absolute Gasteiger partial charge is 0.383 e. The fourth-order valence-electron chi connectivity index (χ4n) is 1.78. The molecule has 7 heteroatoms. The summed E-state index contributed by atoms with van der Waals surface area (Å²) in [6.45, 7) is 1.34. The summed E-state index contributed by atoms with van der Waals surface area (Å²) in [7, 11) is 0. The van der Waals surface area contributed by atoms with E-state index in [0.717, 1.165) is 18.8 Å². The SMILES string of the molecule is NC(=O)C1CCN(c2ncnc(N)c2Br)C1. The molecule has 1 unspecified atom stereocenters. The Bertz CT molecular complexity index is 424. The molecule has 0 aromatic carbocycles. The van der Waals surface area contributed by atoms with Gasteiger partial charge in [0.15, 0.2) is 0 Å². The quantitative estimate of drug-likeness (QED) is 0.805. The number of anilines is 2. The minimum Gasteiger partial charge on any atom is -0.383 e. The third-order valence-corrected chi connectivity index (χ3v) is 3.45. The third-order valence-electron chi connectivity index (χ3n) is 2.69. The number of rotatable bonds is 2. The second-order valence-electron chi connectivity index (χ2n) is 3.73. The minimum absolute atomic E-state index is 0.108. The van der Waals surface area contributed by atoms with Crippen molar-refractivity contribution in [1.29, 1.82) is 0 Å². The van der Waals surface area contributed by atoms with Crippen molar-refractivity contribution in [3.63, 3.8) is 0 Å². The van der Waals surface area contributed by atoms with Crippen molar-refractivity contribution < 1.29 is 4.79 Å². The Balaban J connectivity index is 2.21. The molecule has 0 spiro atoms. The first kappa shape index (κ1) is 11.1. The average Bonchev–Trinajstić information content (AvgIpc) is 2.71. The van der Waals surface area contributed by atoms with Gasteiger partial charge in [0.2, 0.25) is 5.91 Å². The minimum atomic E-state index is -0.263. The summed E-state index contributed by atoms with van der Waals surface area (Å²) in [6, 6.07) is 0. The van der Waals surface area contributed by atoms with Crippen LogP contribution in [0.25, 0.3) is 0 Å². The van der Waals surface area contributed by atoms with Crippen LogP contribution in [0.4, 0.5) is 11.6 Å². The van der Waals surface area contributed by atoms with Gasteiger partial charge in [-0.3, -0.25) is 4.79 Å². The van der Waals surface area contributed by atoms with Gasteiger partial charge in [-0.2, -0.15) is 0 Å². The molecular formula is C9H12BrN5O. The highest BCUT2D eigenvalue weighted by Crippen LogP contribution is 2.31. The highest BCUT2D eigenvalue weighted by atomic mass is 79.9. The molecule has 0 aliphatic carbocycles. The number of amides is 1. The first-order valence-electron chi connectivity index (χ1n) is 4.90. The van der Waals surface area contributed by atoms with Gasteiger partial charge in [-0.05, 0) is 22.4 Å². The number of carbonyl (C=O) groups is 1. The first-order valence-corrected chi connectivity index (χ1v) is 5.69. The van der Waals surface area contributed by atoms with Crippen molar-refractivity contribution in [2.24, 2.45) is 11.7 Å². The van der Waals surface area contributed by atoms with Crippen molar-refractivity contribution in [3.05, 3.63) is 10.8 Å². The van der Waals surface area contributed by atoms with E-state index in [1.54, 1.807) is 0 Å². The number of hydrogen-bond acceptors (Lipinski definition) is 5. The van der Waals surface area contributed by atoms with Crippen molar-refractivity contribution >= 4 is 33.5 Å². The summed E-state index contributed by atoms with van der Waals surface area (Å²) < 4.78 is 0.667. The molecule has 2 heterocycles. The Morgan fingerprint density at radius 3 is 2.94 bits per heavy atom. The predicted octanol–water partition coefficient (Wildman–Crippen LogP) is 0.133. The molecule has 1 saturated heterocycles. The first-order chi connectivity index (χ1) is 7.59. The molecule has 86 valence electrons. The average molecular weight is 286 g/mol. The van der Waals surface area contributed by atoms with Crippen LogP contribution in [0.5, 0.6) is 0 Å². The van der Waals surface area contributed by atoms with Crippen molar-refractivity contribution in [1.82, 2.24) is 9.97 Å². The third kappa shape index (κ3) is 1.95. The van der Waals surface area contributed by atoms with E-state index >= 15 is 0 Å². The maximum Gasteiger partial charge on any atom is 0.222 e. The molecule has 4 N–H and O–H groups in total. The van der Waals surface area contributed by atoms with Gasteiger partial charge in [-0.15, -0.1) is 0 Å². The zero-order chi connectivity index (χ0) is 11.7. The molecule has 0 saturated carbocycles. The summed E-state index contributed by atoms with van der Waals surface area (Å²) in [4.78, 5) is 21.1. The van der Waals surface area contributed by atoms with E-state index in [9.17, 15) is 4.79 Å². The molecule has 0 radical (unpaired) electrons. The van der Waals surface area contributed by atoms with Crippen LogP contribution in [-0.4, -0.2) is 29.0 Å². The molecule has 0 bridgehead atoms. The number of nitrogen functional groups attached to an aromatic ring is 1. The number of nitrogens with zero attached hydrogens (tertiary/aromatic N) is 3. The summed E-state index contributed by atoms with van der Waals surface area (Å²) in [5, 5.41) is 0. The van der Waals surface area contributed by atoms with Crippen molar-refractivity contribution in [2.45, 2.75) is 6.42 Å². The Kier molecular flexibility index (Phi) is 2.95. The molecule has 1 aromatic rings. The van der Waals surface area contributed by atoms with E-state index < -0.39 is 0 Å². The monoisotopic (exact) mass is 285 g/mol. The van der Waals surface area contributed by atoms with Crippen LogP contribution in [-0.2, 0) is 4.79 Å². The van der Waals surface area contributed by atoms with Crippen LogP contribution in [0.2, 0.25) is 0 Å². The molecule has 6 nitrogen and oxygen atoms in total. The molecule has 1 aliphatic heterocycles. The standard InChI is InChI=1S/C9H12BrN5O/c10-6-7(11)13-4-14-9(6)15-2-1-5(3-15)8(12)16/h4-5H,1-3H2,(H2,12,16)(H2,11,13,14). The normalized spacial score (nSPS) is 20.1. The lowest BCUT2D eigenvalue weighted by atomic mass is 10.1. The molecule has 1 atom stereocenters. The molecule has 16 heavy (non-hydrogen) atoms. The Morgan fingerprint density at radius 1 is 1.56 bits per heavy atom. The van der Waals surface area contributed by atoms with E-state index in [1.165, 1.54) is 6.33 Å². The lowest BCUT2D eigenvalue weighted by molar-refractivity contribution is -0.121. The van der Waals surface area contributed by atoms with Gasteiger partial charge in [0.05, 0.1) is 5.92 Å². The van der Waals surface area contributed by atoms with E-state index in [0.29, 0.717) is 16.8 Å². The topological polar surface area (TPSA) is 98.1 Å². The lowest BCUT2D eigenvalue weighted by Gasteiger charge is -2.18. The van der Waals surface area contributed by atoms with Crippen molar-refractivity contribution in [3.8, 4) is 0 Å². The Hall–Kier alpha value is -1.37. The number of halogens is 1. The van der Waals surface area contributed by atoms with Crippen LogP contribution in [0.1, 0.15) is 6.42 Å². The van der Waals surface area contributed by atoms with Gasteiger partial charge in [0.1, 0.15) is 22.4 Å². The maximum atomic E-state index is 11.1. The van der Waals surface area contributed by atoms with Crippen LogP contribution in [0.15, 0.2) is 10.8 Å². The predicted molar refractivity (Wildman–Crippen MR) is 63.7 cm³/mol. The lowest BCUT2D eigenvalue weighted by Crippen LogP contribution is -2.28. The summed E-state index contributed by atoms with van der Waals surface area (Å²) in [5.74, 6) is 0.743. The van der Waals surface area contributed by atoms with Crippen molar-refractivity contribution in [2.75, 3.05) is 23.7 Å². The number of hydrogen-bond donors (Lipinski definition) is 2. The molecule has 1 aliphatic rings. The number of aromatic nitrogens is 2. The molecule has 1 aromatic heterocycles. The summed E-state index contributed by atoms with van der Waals surface area (Å²) >= 11 is 3.34. The highest BCUT2D eigenvalue weighted by Gasteiger charge is 2.28. The van der Waals surface area contributed by atoms with Crippen LogP contribution in [0.3, 0.4) is 0 Å². The molecule has 2 rings (SSSR count). The van der Waals surface area contributed by atoms with Gasteiger partial charge >= 0.3 is 0 Å². The Morgan fingerprint density at radius 2 is 2.31 bits per heavy atom. The van der Waals surface area contributed by atoms with E-state index in [2.05, 4.69) is 25.9 Å². The van der Waals surface area contributed by atoms with Crippen LogP contribution < -0.4 is 16.4 Å². The molecule has 1 fully saturated rings. The van der Waals surface area contributed by atoms with Gasteiger partial charge < -0.3 is 16.4 Å². The van der Waals surface area contributed by atoms with E-state index in [1.807, 2.05) is 4.90 Å². The highest BCUT2D eigenvalue weighted by molar-refractivity contribution is 9.10. The maximum absolute atomic E-state index is 11.1. The van der Waals surface area contributed by atoms with E-state index in [-0.39, 0.29) is 11.8 Å². The smallest absolute Gasteiger partial charge is 0.222 e. The summed E-state index contributed by atoms with van der Waals surface area (Å²) in [5.41, 5.74) is 10.9. The van der Waals surface area contributed by atoms with E-state index in [4.69, 9.17) is 11.5 Å². The number of primary amides is 1. The second-order valence-corrected chi connectivity index (χ2v) is 4.52. The Labute approximate surface area is 101 Å². The molecular weight excluding hydrogens is 274 g/mol. The van der Waals surface area contributed by atoms with Crippen LogP contribution in [0, 0.1) is 5.92 Å². The van der Waals surface area contributed by atoms with Gasteiger partial charge in [0, 0.05) is 13.1 Å². The second kappa shape index (κ2) is 4.25.